The monoisotopic (exact) mass is 194 g/mol. The molecule has 1 aromatic carbocycles. The molecule has 14 heavy (non-hydrogen) atoms. The molecule has 0 aromatic heterocycles. The first kappa shape index (κ1) is 10.9. The van der Waals surface area contributed by atoms with Gasteiger partial charge in [-0.1, -0.05) is 30.3 Å². The third-order valence-electron chi connectivity index (χ3n) is 2.00. The lowest BCUT2D eigenvalue weighted by atomic mass is 10.0. The molecule has 1 aromatic rings. The lowest BCUT2D eigenvalue weighted by molar-refractivity contribution is 0.0715. The van der Waals surface area contributed by atoms with Gasteiger partial charge in [0, 0.05) is 12.2 Å². The van der Waals surface area contributed by atoms with Crippen molar-refractivity contribution in [1.29, 1.82) is 0 Å². The number of hydrogen-bond donors (Lipinski definition) is 2. The molecule has 0 spiro atoms. The predicted octanol–water partition coefficient (Wildman–Crippen LogP) is 1.00. The topological polar surface area (TPSA) is 57.5 Å². The first-order valence-electron chi connectivity index (χ1n) is 4.64. The summed E-state index contributed by atoms with van der Waals surface area (Å²) >= 11 is 0. The Morgan fingerprint density at radius 1 is 1.29 bits per heavy atom. The van der Waals surface area contributed by atoms with E-state index >= 15 is 0 Å². The molecule has 0 bridgehead atoms. The number of carbonyl (C=O) groups is 1. The molecule has 0 amide bonds. The van der Waals surface area contributed by atoms with E-state index in [1.807, 2.05) is 6.07 Å². The Bertz CT molecular complexity index is 282. The van der Waals surface area contributed by atoms with E-state index in [0.717, 1.165) is 0 Å². The summed E-state index contributed by atoms with van der Waals surface area (Å²) < 4.78 is 0. The van der Waals surface area contributed by atoms with Crippen molar-refractivity contribution in [3.05, 3.63) is 35.9 Å². The maximum atomic E-state index is 11.5. The molecule has 3 nitrogen and oxygen atoms in total. The quantitative estimate of drug-likeness (QED) is 0.687. The minimum atomic E-state index is -0.996. The van der Waals surface area contributed by atoms with Crippen molar-refractivity contribution in [1.82, 2.24) is 0 Å². The second-order valence-electron chi connectivity index (χ2n) is 3.11. The number of hydrogen-bond acceptors (Lipinski definition) is 3. The summed E-state index contributed by atoms with van der Waals surface area (Å²) in [6.07, 6.45) is -0.242. The molecular weight excluding hydrogens is 180 g/mol. The summed E-state index contributed by atoms with van der Waals surface area (Å²) in [5.41, 5.74) is 0.512. The number of aliphatic hydroxyl groups excluding tert-OH is 2. The summed E-state index contributed by atoms with van der Waals surface area (Å²) in [5, 5.41) is 18.0. The van der Waals surface area contributed by atoms with Gasteiger partial charge in [-0.15, -0.1) is 0 Å². The molecule has 0 aliphatic rings. The third-order valence-corrected chi connectivity index (χ3v) is 2.00. The lowest BCUT2D eigenvalue weighted by Crippen LogP contribution is -2.20. The number of aliphatic hydroxyl groups is 2. The molecule has 0 radical (unpaired) electrons. The van der Waals surface area contributed by atoms with Crippen molar-refractivity contribution >= 4 is 5.78 Å². The van der Waals surface area contributed by atoms with E-state index in [1.54, 1.807) is 24.3 Å². The Hall–Kier alpha value is -1.19. The van der Waals surface area contributed by atoms with E-state index < -0.39 is 6.10 Å². The molecule has 0 saturated heterocycles. The summed E-state index contributed by atoms with van der Waals surface area (Å²) in [5.74, 6) is -0.279. The zero-order chi connectivity index (χ0) is 10.4. The minimum absolute atomic E-state index is 0.000863. The minimum Gasteiger partial charge on any atom is -0.396 e. The van der Waals surface area contributed by atoms with Crippen LogP contribution in [0, 0.1) is 0 Å². The number of benzene rings is 1. The first-order chi connectivity index (χ1) is 6.75. The SMILES string of the molecule is O=C(c1ccccc1)C(O)CCCO. The number of rotatable bonds is 5. The number of Topliss-reactive ketones (excluding diaryl/α,β-unsaturated/α-hetero) is 1. The zero-order valence-corrected chi connectivity index (χ0v) is 7.89. The third kappa shape index (κ3) is 2.94. The van der Waals surface area contributed by atoms with Crippen molar-refractivity contribution in [2.45, 2.75) is 18.9 Å². The molecule has 0 heterocycles. The van der Waals surface area contributed by atoms with Crippen molar-refractivity contribution < 1.29 is 15.0 Å². The average Bonchev–Trinajstić information content (AvgIpc) is 2.26. The van der Waals surface area contributed by atoms with Gasteiger partial charge >= 0.3 is 0 Å². The largest absolute Gasteiger partial charge is 0.396 e. The molecule has 2 N–H and O–H groups in total. The van der Waals surface area contributed by atoms with E-state index in [9.17, 15) is 9.90 Å². The Morgan fingerprint density at radius 2 is 1.93 bits per heavy atom. The number of carbonyl (C=O) groups excluding carboxylic acids is 1. The Kier molecular flexibility index (Phi) is 4.29. The fourth-order valence-corrected chi connectivity index (χ4v) is 1.21. The van der Waals surface area contributed by atoms with Crippen LogP contribution in [0.3, 0.4) is 0 Å². The fraction of sp³-hybridized carbons (Fsp3) is 0.364. The molecule has 0 aliphatic carbocycles. The zero-order valence-electron chi connectivity index (χ0n) is 7.89. The van der Waals surface area contributed by atoms with Gasteiger partial charge in [0.1, 0.15) is 6.10 Å². The van der Waals surface area contributed by atoms with Crippen molar-refractivity contribution in [2.24, 2.45) is 0 Å². The molecule has 0 fully saturated rings. The van der Waals surface area contributed by atoms with Crippen LogP contribution in [0.1, 0.15) is 23.2 Å². The van der Waals surface area contributed by atoms with Gasteiger partial charge in [-0.25, -0.2) is 0 Å². The summed E-state index contributed by atoms with van der Waals surface area (Å²) in [6.45, 7) is -0.000863. The van der Waals surface area contributed by atoms with Crippen LogP contribution in [0.15, 0.2) is 30.3 Å². The lowest BCUT2D eigenvalue weighted by Gasteiger charge is -2.07. The molecule has 76 valence electrons. The average molecular weight is 194 g/mol. The van der Waals surface area contributed by atoms with Crippen LogP contribution < -0.4 is 0 Å². The van der Waals surface area contributed by atoms with Gasteiger partial charge in [0.15, 0.2) is 5.78 Å². The van der Waals surface area contributed by atoms with Gasteiger partial charge in [-0.2, -0.15) is 0 Å². The van der Waals surface area contributed by atoms with E-state index in [0.29, 0.717) is 18.4 Å². The Labute approximate surface area is 83.0 Å². The molecular formula is C11H14O3. The fourth-order valence-electron chi connectivity index (χ4n) is 1.21. The second kappa shape index (κ2) is 5.52. The van der Waals surface area contributed by atoms with Crippen LogP contribution in [0.25, 0.3) is 0 Å². The van der Waals surface area contributed by atoms with Crippen LogP contribution in [0.5, 0.6) is 0 Å². The molecule has 1 rings (SSSR count). The maximum absolute atomic E-state index is 11.5. The maximum Gasteiger partial charge on any atom is 0.191 e. The van der Waals surface area contributed by atoms with Crippen LogP contribution in [0.2, 0.25) is 0 Å². The second-order valence-corrected chi connectivity index (χ2v) is 3.11. The normalized spacial score (nSPS) is 12.4. The van der Waals surface area contributed by atoms with Crippen molar-refractivity contribution in [3.63, 3.8) is 0 Å². The van der Waals surface area contributed by atoms with Gasteiger partial charge in [0.05, 0.1) is 0 Å². The van der Waals surface area contributed by atoms with Gasteiger partial charge < -0.3 is 10.2 Å². The highest BCUT2D eigenvalue weighted by atomic mass is 16.3. The van der Waals surface area contributed by atoms with Crippen LogP contribution in [0.4, 0.5) is 0 Å². The Balaban J connectivity index is 2.57. The molecule has 0 aliphatic heterocycles. The summed E-state index contributed by atoms with van der Waals surface area (Å²) in [4.78, 5) is 11.5. The van der Waals surface area contributed by atoms with Gasteiger partial charge in [0.25, 0.3) is 0 Å². The molecule has 3 heteroatoms. The number of ketones is 1. The van der Waals surface area contributed by atoms with E-state index in [-0.39, 0.29) is 12.4 Å². The molecule has 0 saturated carbocycles. The smallest absolute Gasteiger partial charge is 0.191 e. The summed E-state index contributed by atoms with van der Waals surface area (Å²) in [6, 6.07) is 8.67. The van der Waals surface area contributed by atoms with Crippen molar-refractivity contribution in [3.8, 4) is 0 Å². The van der Waals surface area contributed by atoms with Crippen LogP contribution in [-0.2, 0) is 0 Å². The van der Waals surface area contributed by atoms with E-state index in [1.165, 1.54) is 0 Å². The van der Waals surface area contributed by atoms with Gasteiger partial charge in [0.2, 0.25) is 0 Å². The van der Waals surface area contributed by atoms with Crippen molar-refractivity contribution in [2.75, 3.05) is 6.61 Å². The molecule has 1 unspecified atom stereocenters. The standard InChI is InChI=1S/C11H14O3/c12-8-4-7-10(13)11(14)9-5-2-1-3-6-9/h1-3,5-6,10,12-13H,4,7-8H2. The van der Waals surface area contributed by atoms with Crippen LogP contribution >= 0.6 is 0 Å². The first-order valence-corrected chi connectivity index (χ1v) is 4.64. The van der Waals surface area contributed by atoms with Gasteiger partial charge in [-0.05, 0) is 12.8 Å². The van der Waals surface area contributed by atoms with E-state index in [4.69, 9.17) is 5.11 Å². The highest BCUT2D eigenvalue weighted by Gasteiger charge is 2.15. The van der Waals surface area contributed by atoms with E-state index in [2.05, 4.69) is 0 Å². The van der Waals surface area contributed by atoms with Gasteiger partial charge in [-0.3, -0.25) is 4.79 Å². The summed E-state index contributed by atoms with van der Waals surface area (Å²) in [7, 11) is 0. The highest BCUT2D eigenvalue weighted by molar-refractivity contribution is 5.99. The molecule has 1 atom stereocenters. The highest BCUT2D eigenvalue weighted by Crippen LogP contribution is 2.07. The predicted molar refractivity (Wildman–Crippen MR) is 53.1 cm³/mol. The van der Waals surface area contributed by atoms with Crippen LogP contribution in [-0.4, -0.2) is 28.7 Å². The Morgan fingerprint density at radius 3 is 2.50 bits per heavy atom.